The van der Waals surface area contributed by atoms with Crippen LogP contribution >= 0.6 is 0 Å². The van der Waals surface area contributed by atoms with E-state index >= 15 is 0 Å². The Morgan fingerprint density at radius 1 is 0.967 bits per heavy atom. The van der Waals surface area contributed by atoms with Crippen LogP contribution < -0.4 is 27.4 Å². The molecule has 0 heterocycles. The van der Waals surface area contributed by atoms with Gasteiger partial charge in [-0.15, -0.1) is 0 Å². The highest BCUT2D eigenvalue weighted by molar-refractivity contribution is 5.93. The second-order valence-electron chi connectivity index (χ2n) is 6.39. The predicted molar refractivity (Wildman–Crippen MR) is 104 cm³/mol. The lowest BCUT2D eigenvalue weighted by Gasteiger charge is -2.20. The molecule has 0 aliphatic heterocycles. The molecule has 3 unspecified atom stereocenters. The van der Waals surface area contributed by atoms with Crippen molar-refractivity contribution in [1.82, 2.24) is 16.0 Å². The summed E-state index contributed by atoms with van der Waals surface area (Å²) in [6.45, 7) is -1.38. The molecule has 12 heteroatoms. The number of carboxylic acids is 1. The van der Waals surface area contributed by atoms with Crippen LogP contribution in [0.3, 0.4) is 0 Å². The summed E-state index contributed by atoms with van der Waals surface area (Å²) < 4.78 is 0. The van der Waals surface area contributed by atoms with Crippen molar-refractivity contribution in [3.8, 4) is 0 Å². The van der Waals surface area contributed by atoms with E-state index in [-0.39, 0.29) is 6.42 Å². The largest absolute Gasteiger partial charge is 0.480 e. The maximum absolute atomic E-state index is 12.3. The number of hydrogen-bond acceptors (Lipinski definition) is 7. The number of nitrogens with one attached hydrogen (secondary N) is 3. The number of aliphatic hydroxyl groups excluding tert-OH is 1. The first kappa shape index (κ1) is 24.5. The molecule has 0 radical (unpaired) electrons. The minimum Gasteiger partial charge on any atom is -0.480 e. The van der Waals surface area contributed by atoms with E-state index in [1.807, 2.05) is 0 Å². The van der Waals surface area contributed by atoms with Gasteiger partial charge in [0.2, 0.25) is 23.6 Å². The summed E-state index contributed by atoms with van der Waals surface area (Å²) >= 11 is 0. The first-order valence-corrected chi connectivity index (χ1v) is 8.93. The monoisotopic (exact) mass is 423 g/mol. The Labute approximate surface area is 172 Å². The second kappa shape index (κ2) is 12.1. The fourth-order valence-corrected chi connectivity index (χ4v) is 2.37. The number of aliphatic hydroxyl groups is 1. The Kier molecular flexibility index (Phi) is 9.92. The van der Waals surface area contributed by atoms with Gasteiger partial charge in [0, 0.05) is 6.42 Å². The molecule has 0 aliphatic rings. The summed E-state index contributed by atoms with van der Waals surface area (Å²) in [6, 6.07) is 4.63. The van der Waals surface area contributed by atoms with Crippen LogP contribution in [0.4, 0.5) is 0 Å². The van der Waals surface area contributed by atoms with Gasteiger partial charge in [-0.2, -0.15) is 0 Å². The standard InChI is InChI=1S/C18H25N5O7/c19-11(7-14(20)25)16(27)21-8-15(26)22-13(9-24)17(28)23-12(18(29)30)6-10-4-2-1-3-5-10/h1-5,11-13,24H,6-9,19H2,(H2,20,25)(H,21,27)(H,22,26)(H,23,28)(H,29,30). The third-order valence-electron chi connectivity index (χ3n) is 3.91. The number of hydrogen-bond donors (Lipinski definition) is 7. The fraction of sp³-hybridized carbons (Fsp3) is 0.389. The van der Waals surface area contributed by atoms with Crippen molar-refractivity contribution in [2.24, 2.45) is 11.5 Å². The Morgan fingerprint density at radius 3 is 2.13 bits per heavy atom. The number of benzene rings is 1. The number of carbonyl (C=O) groups excluding carboxylic acids is 4. The topological polar surface area (TPSA) is 214 Å². The Hall–Kier alpha value is -3.51. The Balaban J connectivity index is 2.59. The van der Waals surface area contributed by atoms with E-state index in [4.69, 9.17) is 11.5 Å². The van der Waals surface area contributed by atoms with Gasteiger partial charge in [-0.25, -0.2) is 4.79 Å². The van der Waals surface area contributed by atoms with E-state index in [0.29, 0.717) is 5.56 Å². The minimum atomic E-state index is -1.44. The summed E-state index contributed by atoms with van der Waals surface area (Å²) in [5.74, 6) is -4.62. The summed E-state index contributed by atoms with van der Waals surface area (Å²) in [5, 5.41) is 25.3. The van der Waals surface area contributed by atoms with Crippen LogP contribution in [0.2, 0.25) is 0 Å². The van der Waals surface area contributed by atoms with Gasteiger partial charge in [0.05, 0.1) is 25.6 Å². The molecule has 1 rings (SSSR count). The van der Waals surface area contributed by atoms with E-state index in [1.54, 1.807) is 30.3 Å². The smallest absolute Gasteiger partial charge is 0.326 e. The normalized spacial score (nSPS) is 13.4. The molecule has 4 amide bonds. The van der Waals surface area contributed by atoms with Crippen molar-refractivity contribution >= 4 is 29.6 Å². The summed E-state index contributed by atoms with van der Waals surface area (Å²) in [6.07, 6.45) is -0.408. The molecule has 0 aromatic heterocycles. The van der Waals surface area contributed by atoms with Gasteiger partial charge in [0.25, 0.3) is 0 Å². The average molecular weight is 423 g/mol. The van der Waals surface area contributed by atoms with E-state index in [9.17, 15) is 34.2 Å². The van der Waals surface area contributed by atoms with Crippen molar-refractivity contribution in [1.29, 1.82) is 0 Å². The van der Waals surface area contributed by atoms with E-state index < -0.39 is 67.3 Å². The molecule has 0 saturated carbocycles. The maximum atomic E-state index is 12.3. The molecule has 0 fully saturated rings. The van der Waals surface area contributed by atoms with E-state index in [0.717, 1.165) is 0 Å². The van der Waals surface area contributed by atoms with Gasteiger partial charge < -0.3 is 37.6 Å². The van der Waals surface area contributed by atoms with Crippen molar-refractivity contribution in [2.75, 3.05) is 13.2 Å². The Morgan fingerprint density at radius 2 is 1.60 bits per heavy atom. The number of carboxylic acid groups (broad SMARTS) is 1. The number of amides is 4. The molecule has 12 nitrogen and oxygen atoms in total. The van der Waals surface area contributed by atoms with Crippen LogP contribution in [0, 0.1) is 0 Å². The molecule has 30 heavy (non-hydrogen) atoms. The summed E-state index contributed by atoms with van der Waals surface area (Å²) in [7, 11) is 0. The lowest BCUT2D eigenvalue weighted by molar-refractivity contribution is -0.142. The van der Waals surface area contributed by atoms with Gasteiger partial charge in [-0.05, 0) is 5.56 Å². The van der Waals surface area contributed by atoms with E-state index in [2.05, 4.69) is 16.0 Å². The molecular formula is C18H25N5O7. The molecule has 0 spiro atoms. The first-order chi connectivity index (χ1) is 14.1. The van der Waals surface area contributed by atoms with Gasteiger partial charge in [-0.3, -0.25) is 19.2 Å². The van der Waals surface area contributed by atoms with E-state index in [1.165, 1.54) is 0 Å². The molecule has 0 saturated heterocycles. The first-order valence-electron chi connectivity index (χ1n) is 8.93. The third-order valence-corrected chi connectivity index (χ3v) is 3.91. The van der Waals surface area contributed by atoms with Crippen LogP contribution in [0.1, 0.15) is 12.0 Å². The number of primary amides is 1. The SMILES string of the molecule is NC(=O)CC(N)C(=O)NCC(=O)NC(CO)C(=O)NC(Cc1ccccc1)C(=O)O. The zero-order valence-corrected chi connectivity index (χ0v) is 16.0. The highest BCUT2D eigenvalue weighted by atomic mass is 16.4. The molecule has 3 atom stereocenters. The van der Waals surface area contributed by atoms with Crippen molar-refractivity contribution in [3.63, 3.8) is 0 Å². The average Bonchev–Trinajstić information content (AvgIpc) is 2.69. The summed E-state index contributed by atoms with van der Waals surface area (Å²) in [5.41, 5.74) is 11.0. The number of aliphatic carboxylic acids is 1. The van der Waals surface area contributed by atoms with Gasteiger partial charge in [0.1, 0.15) is 12.1 Å². The molecule has 9 N–H and O–H groups in total. The molecule has 1 aromatic carbocycles. The van der Waals surface area contributed by atoms with Crippen LogP contribution in [0.15, 0.2) is 30.3 Å². The Bertz CT molecular complexity index is 771. The van der Waals surface area contributed by atoms with Crippen molar-refractivity contribution in [2.45, 2.75) is 31.0 Å². The maximum Gasteiger partial charge on any atom is 0.326 e. The summed E-state index contributed by atoms with van der Waals surface area (Å²) in [4.78, 5) is 58.0. The van der Waals surface area contributed by atoms with Crippen LogP contribution in [-0.4, -0.2) is 71.1 Å². The minimum absolute atomic E-state index is 0.00180. The fourth-order valence-electron chi connectivity index (χ4n) is 2.37. The van der Waals surface area contributed by atoms with Crippen molar-refractivity contribution < 1.29 is 34.2 Å². The number of nitrogens with two attached hydrogens (primary N) is 2. The molecular weight excluding hydrogens is 398 g/mol. The molecule has 164 valence electrons. The number of carbonyl (C=O) groups is 5. The van der Waals surface area contributed by atoms with Gasteiger partial charge in [0.15, 0.2) is 0 Å². The zero-order chi connectivity index (χ0) is 22.7. The van der Waals surface area contributed by atoms with Crippen LogP contribution in [0.5, 0.6) is 0 Å². The predicted octanol–water partition coefficient (Wildman–Crippen LogP) is -3.41. The number of rotatable bonds is 12. The lowest BCUT2D eigenvalue weighted by Crippen LogP contribution is -2.55. The molecule has 0 aliphatic carbocycles. The molecule has 0 bridgehead atoms. The highest BCUT2D eigenvalue weighted by Crippen LogP contribution is 2.04. The van der Waals surface area contributed by atoms with Gasteiger partial charge in [-0.1, -0.05) is 30.3 Å². The quantitative estimate of drug-likeness (QED) is 0.179. The zero-order valence-electron chi connectivity index (χ0n) is 16.0. The second-order valence-corrected chi connectivity index (χ2v) is 6.39. The van der Waals surface area contributed by atoms with Crippen LogP contribution in [-0.2, 0) is 30.4 Å². The van der Waals surface area contributed by atoms with Gasteiger partial charge >= 0.3 is 5.97 Å². The van der Waals surface area contributed by atoms with Crippen molar-refractivity contribution in [3.05, 3.63) is 35.9 Å². The van der Waals surface area contributed by atoms with Crippen LogP contribution in [0.25, 0.3) is 0 Å². The molecule has 1 aromatic rings. The highest BCUT2D eigenvalue weighted by Gasteiger charge is 2.26. The third kappa shape index (κ3) is 8.67. The lowest BCUT2D eigenvalue weighted by atomic mass is 10.1.